The molecule has 2 aromatic rings. The van der Waals surface area contributed by atoms with Crippen molar-refractivity contribution in [3.63, 3.8) is 0 Å². The zero-order valence-corrected chi connectivity index (χ0v) is 17.5. The van der Waals surface area contributed by atoms with Crippen LogP contribution in [-0.4, -0.2) is 56.1 Å². The lowest BCUT2D eigenvalue weighted by Crippen LogP contribution is -2.35. The van der Waals surface area contributed by atoms with Crippen LogP contribution < -0.4 is 5.32 Å². The molecule has 0 bridgehead atoms. The Morgan fingerprint density at radius 1 is 1.10 bits per heavy atom. The molecular formula is C20H22ClN3O4S. The molecule has 1 saturated heterocycles. The Balaban J connectivity index is 1.70. The van der Waals surface area contributed by atoms with Crippen molar-refractivity contribution < 1.29 is 18.0 Å². The largest absolute Gasteiger partial charge is 0.332 e. The molecule has 0 unspecified atom stereocenters. The van der Waals surface area contributed by atoms with Crippen LogP contribution in [0, 0.1) is 0 Å². The van der Waals surface area contributed by atoms with Gasteiger partial charge in [0.2, 0.25) is 15.9 Å². The van der Waals surface area contributed by atoms with E-state index in [0.717, 1.165) is 12.8 Å². The zero-order valence-electron chi connectivity index (χ0n) is 16.0. The first-order valence-corrected chi connectivity index (χ1v) is 11.0. The average molecular weight is 436 g/mol. The third-order valence-electron chi connectivity index (χ3n) is 4.65. The van der Waals surface area contributed by atoms with E-state index in [-0.39, 0.29) is 22.4 Å². The van der Waals surface area contributed by atoms with E-state index in [4.69, 9.17) is 11.6 Å². The monoisotopic (exact) mass is 435 g/mol. The summed E-state index contributed by atoms with van der Waals surface area (Å²) in [5.41, 5.74) is 0.783. The third kappa shape index (κ3) is 4.95. The second-order valence-electron chi connectivity index (χ2n) is 6.83. The number of benzene rings is 2. The molecule has 1 aliphatic rings. The van der Waals surface area contributed by atoms with Gasteiger partial charge in [-0.1, -0.05) is 29.8 Å². The summed E-state index contributed by atoms with van der Waals surface area (Å²) in [5, 5.41) is 2.74. The number of carbonyl (C=O) groups excluding carboxylic acids is 2. The van der Waals surface area contributed by atoms with Gasteiger partial charge in [0, 0.05) is 31.4 Å². The number of hydrogen-bond donors (Lipinski definition) is 1. The molecule has 3 rings (SSSR count). The molecule has 1 heterocycles. The number of halogens is 1. The molecule has 2 amide bonds. The van der Waals surface area contributed by atoms with E-state index in [1.54, 1.807) is 30.3 Å². The fourth-order valence-electron chi connectivity index (χ4n) is 3.14. The van der Waals surface area contributed by atoms with E-state index in [0.29, 0.717) is 24.3 Å². The molecule has 2 aromatic carbocycles. The Labute approximate surface area is 175 Å². The first-order chi connectivity index (χ1) is 13.8. The minimum atomic E-state index is -3.71. The van der Waals surface area contributed by atoms with Crippen molar-refractivity contribution in [3.05, 3.63) is 59.1 Å². The summed E-state index contributed by atoms with van der Waals surface area (Å²) in [5.74, 6) is -0.724. The van der Waals surface area contributed by atoms with Gasteiger partial charge in [-0.05, 0) is 43.2 Å². The van der Waals surface area contributed by atoms with E-state index >= 15 is 0 Å². The Kier molecular flexibility index (Phi) is 6.56. The topological polar surface area (TPSA) is 86.8 Å². The van der Waals surface area contributed by atoms with Crippen molar-refractivity contribution in [3.8, 4) is 0 Å². The molecule has 0 radical (unpaired) electrons. The molecule has 0 spiro atoms. The number of nitrogens with zero attached hydrogens (tertiary/aromatic N) is 2. The zero-order chi connectivity index (χ0) is 21.0. The fraction of sp³-hybridized carbons (Fsp3) is 0.300. The molecule has 7 nitrogen and oxygen atoms in total. The van der Waals surface area contributed by atoms with Crippen LogP contribution in [-0.2, 0) is 14.8 Å². The second kappa shape index (κ2) is 8.94. The van der Waals surface area contributed by atoms with Crippen LogP contribution in [0.25, 0.3) is 0 Å². The molecule has 0 aliphatic carbocycles. The lowest BCUT2D eigenvalue weighted by atomic mass is 10.2. The number of nitrogens with one attached hydrogen (secondary N) is 1. The first kappa shape index (κ1) is 21.3. The molecule has 0 atom stereocenters. The summed E-state index contributed by atoms with van der Waals surface area (Å²) >= 11 is 6.12. The molecule has 0 aromatic heterocycles. The van der Waals surface area contributed by atoms with Gasteiger partial charge in [0.05, 0.1) is 11.6 Å². The average Bonchev–Trinajstić information content (AvgIpc) is 3.25. The van der Waals surface area contributed by atoms with E-state index in [1.165, 1.54) is 34.5 Å². The van der Waals surface area contributed by atoms with Crippen LogP contribution in [0.2, 0.25) is 5.02 Å². The molecule has 0 saturated carbocycles. The van der Waals surface area contributed by atoms with Crippen molar-refractivity contribution in [2.45, 2.75) is 17.7 Å². The summed E-state index contributed by atoms with van der Waals surface area (Å²) < 4.78 is 27.0. The minimum Gasteiger partial charge on any atom is -0.332 e. The number of rotatable bonds is 6. The number of hydrogen-bond acceptors (Lipinski definition) is 4. The highest BCUT2D eigenvalue weighted by atomic mass is 35.5. The van der Waals surface area contributed by atoms with Crippen LogP contribution >= 0.6 is 11.6 Å². The van der Waals surface area contributed by atoms with Crippen molar-refractivity contribution in [2.75, 3.05) is 32.0 Å². The van der Waals surface area contributed by atoms with Gasteiger partial charge in [0.25, 0.3) is 5.91 Å². The lowest BCUT2D eigenvalue weighted by Gasteiger charge is -2.18. The van der Waals surface area contributed by atoms with Gasteiger partial charge in [0.15, 0.2) is 0 Å². The smallest absolute Gasteiger partial charge is 0.254 e. The van der Waals surface area contributed by atoms with Gasteiger partial charge in [-0.25, -0.2) is 8.42 Å². The Morgan fingerprint density at radius 3 is 2.41 bits per heavy atom. The number of anilines is 1. The van der Waals surface area contributed by atoms with E-state index in [9.17, 15) is 18.0 Å². The van der Waals surface area contributed by atoms with Crippen LogP contribution in [0.1, 0.15) is 23.2 Å². The van der Waals surface area contributed by atoms with Crippen molar-refractivity contribution in [1.29, 1.82) is 0 Å². The van der Waals surface area contributed by atoms with Crippen LogP contribution in [0.4, 0.5) is 5.69 Å². The van der Waals surface area contributed by atoms with Crippen LogP contribution in [0.15, 0.2) is 53.4 Å². The number of carbonyl (C=O) groups is 2. The van der Waals surface area contributed by atoms with Crippen molar-refractivity contribution in [2.24, 2.45) is 0 Å². The van der Waals surface area contributed by atoms with E-state index < -0.39 is 15.9 Å². The minimum absolute atomic E-state index is 0.0346. The molecule has 1 fully saturated rings. The number of amides is 2. The Morgan fingerprint density at radius 2 is 1.76 bits per heavy atom. The van der Waals surface area contributed by atoms with Gasteiger partial charge < -0.3 is 10.2 Å². The molecular weight excluding hydrogens is 414 g/mol. The van der Waals surface area contributed by atoms with Gasteiger partial charge in [0.1, 0.15) is 4.90 Å². The highest BCUT2D eigenvalue weighted by molar-refractivity contribution is 7.89. The summed E-state index contributed by atoms with van der Waals surface area (Å²) in [6, 6.07) is 13.0. The second-order valence-corrected chi connectivity index (χ2v) is 9.15. The third-order valence-corrected chi connectivity index (χ3v) is 7.03. The van der Waals surface area contributed by atoms with Gasteiger partial charge in [-0.3, -0.25) is 9.59 Å². The van der Waals surface area contributed by atoms with Gasteiger partial charge in [-0.15, -0.1) is 0 Å². The lowest BCUT2D eigenvalue weighted by molar-refractivity contribution is -0.116. The predicted octanol–water partition coefficient (Wildman–Crippen LogP) is 2.84. The standard InChI is InChI=1S/C20H22ClN3O4S/c1-23(20(26)15-7-3-2-4-8-15)14-19(25)22-16-9-10-17(21)18(13-16)29(27,28)24-11-5-6-12-24/h2-4,7-10,13H,5-6,11-12,14H2,1H3,(H,22,25). The Hall–Kier alpha value is -2.42. The van der Waals surface area contributed by atoms with Crippen LogP contribution in [0.3, 0.4) is 0 Å². The van der Waals surface area contributed by atoms with Crippen molar-refractivity contribution in [1.82, 2.24) is 9.21 Å². The summed E-state index contributed by atoms with van der Waals surface area (Å²) in [4.78, 5) is 26.0. The SMILES string of the molecule is CN(CC(=O)Nc1ccc(Cl)c(S(=O)(=O)N2CCCC2)c1)C(=O)c1ccccc1. The van der Waals surface area contributed by atoms with Gasteiger partial charge >= 0.3 is 0 Å². The fourth-order valence-corrected chi connectivity index (χ4v) is 5.15. The molecule has 29 heavy (non-hydrogen) atoms. The van der Waals surface area contributed by atoms with Crippen LogP contribution in [0.5, 0.6) is 0 Å². The highest BCUT2D eigenvalue weighted by Crippen LogP contribution is 2.29. The number of sulfonamides is 1. The molecule has 1 aliphatic heterocycles. The quantitative estimate of drug-likeness (QED) is 0.755. The number of likely N-dealkylation sites (N-methyl/N-ethyl adjacent to an activating group) is 1. The maximum absolute atomic E-state index is 12.8. The first-order valence-electron chi connectivity index (χ1n) is 9.19. The summed E-state index contributed by atoms with van der Waals surface area (Å²) in [6.07, 6.45) is 1.63. The maximum Gasteiger partial charge on any atom is 0.254 e. The molecule has 154 valence electrons. The Bertz CT molecular complexity index is 1010. The maximum atomic E-state index is 12.8. The predicted molar refractivity (Wildman–Crippen MR) is 111 cm³/mol. The highest BCUT2D eigenvalue weighted by Gasteiger charge is 2.29. The summed E-state index contributed by atoms with van der Waals surface area (Å²) in [6.45, 7) is 0.744. The molecule has 9 heteroatoms. The summed E-state index contributed by atoms with van der Waals surface area (Å²) in [7, 11) is -2.19. The molecule has 1 N–H and O–H groups in total. The normalized spacial score (nSPS) is 14.6. The van der Waals surface area contributed by atoms with Gasteiger partial charge in [-0.2, -0.15) is 4.31 Å². The van der Waals surface area contributed by atoms with E-state index in [2.05, 4.69) is 5.32 Å². The van der Waals surface area contributed by atoms with Crippen molar-refractivity contribution >= 4 is 39.1 Å². The van der Waals surface area contributed by atoms with E-state index in [1.807, 2.05) is 0 Å².